The molecular formula is C14H22N2O2. The summed E-state index contributed by atoms with van der Waals surface area (Å²) in [5.74, 6) is 0.180. The van der Waals surface area contributed by atoms with Crippen molar-refractivity contribution < 1.29 is 9.53 Å². The van der Waals surface area contributed by atoms with E-state index < -0.39 is 0 Å². The Morgan fingerprint density at radius 3 is 2.67 bits per heavy atom. The Hall–Kier alpha value is -1.55. The van der Waals surface area contributed by atoms with Crippen molar-refractivity contribution in [1.29, 1.82) is 0 Å². The van der Waals surface area contributed by atoms with Gasteiger partial charge < -0.3 is 15.8 Å². The lowest BCUT2D eigenvalue weighted by Gasteiger charge is -2.18. The second-order valence-electron chi connectivity index (χ2n) is 4.67. The molecule has 0 aliphatic carbocycles. The lowest BCUT2D eigenvalue weighted by Crippen LogP contribution is -2.26. The Labute approximate surface area is 109 Å². The minimum atomic E-state index is -0.342. The summed E-state index contributed by atoms with van der Waals surface area (Å²) in [6.07, 6.45) is 0. The van der Waals surface area contributed by atoms with Crippen LogP contribution in [0.25, 0.3) is 0 Å². The molecule has 0 aromatic heterocycles. The largest absolute Gasteiger partial charge is 0.492 e. The molecule has 4 heteroatoms. The molecule has 18 heavy (non-hydrogen) atoms. The van der Waals surface area contributed by atoms with Crippen LogP contribution in [0.3, 0.4) is 0 Å². The molecular weight excluding hydrogens is 228 g/mol. The first-order valence-corrected chi connectivity index (χ1v) is 6.15. The Morgan fingerprint density at radius 2 is 2.11 bits per heavy atom. The van der Waals surface area contributed by atoms with Crippen LogP contribution in [-0.2, 0) is 4.79 Å². The molecule has 0 saturated carbocycles. The van der Waals surface area contributed by atoms with Crippen LogP contribution in [0.2, 0.25) is 0 Å². The van der Waals surface area contributed by atoms with Gasteiger partial charge in [0.05, 0.1) is 12.5 Å². The van der Waals surface area contributed by atoms with Crippen LogP contribution < -0.4 is 15.8 Å². The van der Waals surface area contributed by atoms with E-state index in [1.54, 1.807) is 6.92 Å². The maximum atomic E-state index is 11.0. The van der Waals surface area contributed by atoms with Crippen molar-refractivity contribution in [3.63, 3.8) is 0 Å². The van der Waals surface area contributed by atoms with Crippen molar-refractivity contribution in [2.75, 3.05) is 13.7 Å². The molecule has 0 saturated heterocycles. The highest BCUT2D eigenvalue weighted by Crippen LogP contribution is 2.26. The van der Waals surface area contributed by atoms with Crippen LogP contribution in [0.5, 0.6) is 5.75 Å². The van der Waals surface area contributed by atoms with E-state index in [-0.39, 0.29) is 17.9 Å². The molecule has 0 bridgehead atoms. The van der Waals surface area contributed by atoms with Crippen LogP contribution in [0.4, 0.5) is 0 Å². The standard InChI is InChI=1S/C14H22N2O2/c1-9-5-6-12(11(3)16-4)13(7-9)18-8-10(2)14(15)17/h5-7,10-11,16H,8H2,1-4H3,(H2,15,17). The van der Waals surface area contributed by atoms with Crippen LogP contribution in [0, 0.1) is 12.8 Å². The van der Waals surface area contributed by atoms with E-state index in [1.165, 1.54) is 0 Å². The van der Waals surface area contributed by atoms with Crippen molar-refractivity contribution in [2.24, 2.45) is 11.7 Å². The van der Waals surface area contributed by atoms with Crippen LogP contribution in [0.15, 0.2) is 18.2 Å². The van der Waals surface area contributed by atoms with E-state index in [0.29, 0.717) is 6.61 Å². The van der Waals surface area contributed by atoms with Crippen molar-refractivity contribution in [2.45, 2.75) is 26.8 Å². The van der Waals surface area contributed by atoms with Crippen molar-refractivity contribution in [3.8, 4) is 5.75 Å². The number of nitrogens with one attached hydrogen (secondary N) is 1. The lowest BCUT2D eigenvalue weighted by atomic mass is 10.0. The Bertz CT molecular complexity index is 418. The molecule has 0 radical (unpaired) electrons. The Balaban J connectivity index is 2.85. The first-order valence-electron chi connectivity index (χ1n) is 6.15. The van der Waals surface area contributed by atoms with Crippen LogP contribution >= 0.6 is 0 Å². The number of carbonyl (C=O) groups is 1. The number of nitrogens with two attached hydrogens (primary N) is 1. The summed E-state index contributed by atoms with van der Waals surface area (Å²) in [4.78, 5) is 11.0. The van der Waals surface area contributed by atoms with Crippen LogP contribution in [-0.4, -0.2) is 19.6 Å². The molecule has 1 aromatic carbocycles. The van der Waals surface area contributed by atoms with E-state index in [1.807, 2.05) is 32.2 Å². The van der Waals surface area contributed by atoms with Gasteiger partial charge in [-0.05, 0) is 32.5 Å². The highest BCUT2D eigenvalue weighted by Gasteiger charge is 2.13. The van der Waals surface area contributed by atoms with Gasteiger partial charge in [-0.15, -0.1) is 0 Å². The average Bonchev–Trinajstić information content (AvgIpc) is 2.34. The van der Waals surface area contributed by atoms with Gasteiger partial charge in [-0.3, -0.25) is 4.79 Å². The van der Waals surface area contributed by atoms with Crippen LogP contribution in [0.1, 0.15) is 31.0 Å². The number of ether oxygens (including phenoxy) is 1. The SMILES string of the molecule is CNC(C)c1ccc(C)cc1OCC(C)C(N)=O. The van der Waals surface area contributed by atoms with E-state index >= 15 is 0 Å². The van der Waals surface area contributed by atoms with Gasteiger partial charge in [0.2, 0.25) is 5.91 Å². The normalized spacial score (nSPS) is 14.0. The molecule has 0 fully saturated rings. The van der Waals surface area contributed by atoms with E-state index in [9.17, 15) is 4.79 Å². The third-order valence-corrected chi connectivity index (χ3v) is 3.04. The number of benzene rings is 1. The maximum Gasteiger partial charge on any atom is 0.223 e. The van der Waals surface area contributed by atoms with Crippen molar-refractivity contribution in [1.82, 2.24) is 5.32 Å². The number of amides is 1. The van der Waals surface area contributed by atoms with Gasteiger partial charge in [-0.2, -0.15) is 0 Å². The number of hydrogen-bond acceptors (Lipinski definition) is 3. The smallest absolute Gasteiger partial charge is 0.223 e. The second kappa shape index (κ2) is 6.40. The fourth-order valence-corrected chi connectivity index (χ4v) is 1.58. The summed E-state index contributed by atoms with van der Waals surface area (Å²) in [5, 5.41) is 3.18. The second-order valence-corrected chi connectivity index (χ2v) is 4.67. The fraction of sp³-hybridized carbons (Fsp3) is 0.500. The minimum Gasteiger partial charge on any atom is -0.492 e. The predicted octanol–water partition coefficient (Wildman–Crippen LogP) is 1.78. The fourth-order valence-electron chi connectivity index (χ4n) is 1.58. The zero-order chi connectivity index (χ0) is 13.7. The molecule has 1 rings (SSSR count). The number of carbonyl (C=O) groups excluding carboxylic acids is 1. The molecule has 4 nitrogen and oxygen atoms in total. The molecule has 2 unspecified atom stereocenters. The molecule has 0 aliphatic rings. The predicted molar refractivity (Wildman–Crippen MR) is 72.5 cm³/mol. The number of hydrogen-bond donors (Lipinski definition) is 2. The van der Waals surface area contributed by atoms with Crippen molar-refractivity contribution in [3.05, 3.63) is 29.3 Å². The number of rotatable bonds is 6. The van der Waals surface area contributed by atoms with Crippen molar-refractivity contribution >= 4 is 5.91 Å². The van der Waals surface area contributed by atoms with E-state index in [0.717, 1.165) is 16.9 Å². The lowest BCUT2D eigenvalue weighted by molar-refractivity contribution is -0.122. The maximum absolute atomic E-state index is 11.0. The molecule has 1 aromatic rings. The third-order valence-electron chi connectivity index (χ3n) is 3.04. The first-order chi connectivity index (χ1) is 8.45. The molecule has 2 atom stereocenters. The van der Waals surface area contributed by atoms with Gasteiger partial charge in [0.1, 0.15) is 5.75 Å². The van der Waals surface area contributed by atoms with Gasteiger partial charge in [-0.25, -0.2) is 0 Å². The summed E-state index contributed by atoms with van der Waals surface area (Å²) in [5.41, 5.74) is 7.43. The van der Waals surface area contributed by atoms with Gasteiger partial charge in [0.15, 0.2) is 0 Å². The third kappa shape index (κ3) is 3.74. The molecule has 100 valence electrons. The molecule has 1 amide bonds. The summed E-state index contributed by atoms with van der Waals surface area (Å²) < 4.78 is 5.72. The Morgan fingerprint density at radius 1 is 1.44 bits per heavy atom. The zero-order valence-corrected chi connectivity index (χ0v) is 11.5. The summed E-state index contributed by atoms with van der Waals surface area (Å²) in [7, 11) is 1.90. The summed E-state index contributed by atoms with van der Waals surface area (Å²) in [6.45, 7) is 6.15. The van der Waals surface area contributed by atoms with Gasteiger partial charge in [-0.1, -0.05) is 19.1 Å². The van der Waals surface area contributed by atoms with Gasteiger partial charge in [0.25, 0.3) is 0 Å². The number of primary amides is 1. The quantitative estimate of drug-likeness (QED) is 0.808. The first kappa shape index (κ1) is 14.5. The van der Waals surface area contributed by atoms with E-state index in [2.05, 4.69) is 12.2 Å². The molecule has 0 aliphatic heterocycles. The number of aryl methyl sites for hydroxylation is 1. The van der Waals surface area contributed by atoms with E-state index in [4.69, 9.17) is 10.5 Å². The summed E-state index contributed by atoms with van der Waals surface area (Å²) in [6, 6.07) is 6.27. The zero-order valence-electron chi connectivity index (χ0n) is 11.5. The average molecular weight is 250 g/mol. The van der Waals surface area contributed by atoms with Gasteiger partial charge >= 0.3 is 0 Å². The minimum absolute atomic E-state index is 0.199. The van der Waals surface area contributed by atoms with Gasteiger partial charge in [0, 0.05) is 11.6 Å². The highest BCUT2D eigenvalue weighted by molar-refractivity contribution is 5.76. The topological polar surface area (TPSA) is 64.3 Å². The molecule has 0 heterocycles. The molecule has 0 spiro atoms. The molecule has 3 N–H and O–H groups in total. The Kier molecular flexibility index (Phi) is 5.16. The monoisotopic (exact) mass is 250 g/mol. The highest BCUT2D eigenvalue weighted by atomic mass is 16.5. The summed E-state index contributed by atoms with van der Waals surface area (Å²) >= 11 is 0.